The molecule has 2 saturated carbocycles. The Hall–Kier alpha value is -1.31. The predicted octanol–water partition coefficient (Wildman–Crippen LogP) is 5.11. The van der Waals surface area contributed by atoms with Gasteiger partial charge in [0.2, 0.25) is 0 Å². The van der Waals surface area contributed by atoms with Crippen LogP contribution in [0.5, 0.6) is 0 Å². The van der Waals surface area contributed by atoms with Gasteiger partial charge in [-0.1, -0.05) is 68.9 Å². The van der Waals surface area contributed by atoms with E-state index in [4.69, 9.17) is 4.99 Å². The van der Waals surface area contributed by atoms with Crippen LogP contribution in [0.15, 0.2) is 35.3 Å². The van der Waals surface area contributed by atoms with Crippen LogP contribution in [0.2, 0.25) is 0 Å². The molecule has 1 unspecified atom stereocenters. The molecule has 0 N–H and O–H groups in total. The van der Waals surface area contributed by atoms with Gasteiger partial charge in [-0.25, -0.2) is 0 Å². The van der Waals surface area contributed by atoms with Crippen LogP contribution in [-0.2, 0) is 0 Å². The standard InChI is InChI=1S/C20H28N2/c1-4-10-17(11-5-1)19-20(14-8-3-9-15-20)21-16-22(19)18-12-6-2-7-13-18/h1,4-5,10-11,16,18-19H,2-3,6-9,12-15H2. The summed E-state index contributed by atoms with van der Waals surface area (Å²) in [6, 6.07) is 12.4. The Balaban J connectivity index is 1.67. The van der Waals surface area contributed by atoms with Crippen molar-refractivity contribution in [1.82, 2.24) is 4.90 Å². The zero-order chi connectivity index (χ0) is 14.8. The Morgan fingerprint density at radius 2 is 1.55 bits per heavy atom. The topological polar surface area (TPSA) is 15.6 Å². The molecule has 3 aliphatic rings. The summed E-state index contributed by atoms with van der Waals surface area (Å²) in [7, 11) is 0. The molecule has 1 spiro atoms. The Bertz CT molecular complexity index is 510. The van der Waals surface area contributed by atoms with Gasteiger partial charge in [0.05, 0.1) is 17.9 Å². The van der Waals surface area contributed by atoms with E-state index >= 15 is 0 Å². The minimum atomic E-state index is 0.164. The Labute approximate surface area is 134 Å². The molecule has 0 bridgehead atoms. The maximum atomic E-state index is 5.14. The van der Waals surface area contributed by atoms with Crippen molar-refractivity contribution in [2.75, 3.05) is 0 Å². The van der Waals surface area contributed by atoms with Crippen LogP contribution in [0, 0.1) is 0 Å². The van der Waals surface area contributed by atoms with Crippen LogP contribution < -0.4 is 0 Å². The van der Waals surface area contributed by atoms with E-state index in [2.05, 4.69) is 41.6 Å². The normalized spacial score (nSPS) is 28.4. The quantitative estimate of drug-likeness (QED) is 0.740. The van der Waals surface area contributed by atoms with Gasteiger partial charge in [0, 0.05) is 6.04 Å². The van der Waals surface area contributed by atoms with E-state index in [-0.39, 0.29) is 5.54 Å². The van der Waals surface area contributed by atoms with Gasteiger partial charge in [-0.2, -0.15) is 0 Å². The van der Waals surface area contributed by atoms with Gasteiger partial charge in [-0.3, -0.25) is 4.99 Å². The first-order valence-electron chi connectivity index (χ1n) is 9.27. The zero-order valence-corrected chi connectivity index (χ0v) is 13.6. The van der Waals surface area contributed by atoms with E-state index in [1.54, 1.807) is 0 Å². The molecule has 0 amide bonds. The molecular formula is C20H28N2. The molecule has 0 radical (unpaired) electrons. The van der Waals surface area contributed by atoms with Gasteiger partial charge in [-0.05, 0) is 31.2 Å². The number of hydrogen-bond acceptors (Lipinski definition) is 2. The van der Waals surface area contributed by atoms with E-state index in [9.17, 15) is 0 Å². The van der Waals surface area contributed by atoms with E-state index in [1.165, 1.54) is 69.8 Å². The lowest BCUT2D eigenvalue weighted by molar-refractivity contribution is 0.131. The molecule has 0 saturated heterocycles. The summed E-state index contributed by atoms with van der Waals surface area (Å²) < 4.78 is 0. The average Bonchev–Trinajstić information content (AvgIpc) is 2.96. The van der Waals surface area contributed by atoms with E-state index in [0.29, 0.717) is 12.1 Å². The minimum Gasteiger partial charge on any atom is -0.350 e. The zero-order valence-electron chi connectivity index (χ0n) is 13.6. The second-order valence-corrected chi connectivity index (χ2v) is 7.46. The first-order chi connectivity index (χ1) is 10.9. The third-order valence-corrected chi connectivity index (χ3v) is 6.09. The van der Waals surface area contributed by atoms with E-state index in [1.807, 2.05) is 0 Å². The lowest BCUT2D eigenvalue weighted by Crippen LogP contribution is -2.44. The van der Waals surface area contributed by atoms with Crippen molar-refractivity contribution in [2.24, 2.45) is 4.99 Å². The average molecular weight is 296 g/mol. The van der Waals surface area contributed by atoms with Gasteiger partial charge in [0.1, 0.15) is 0 Å². The fraction of sp³-hybridized carbons (Fsp3) is 0.650. The van der Waals surface area contributed by atoms with Crippen LogP contribution in [0.1, 0.15) is 75.8 Å². The molecule has 1 aromatic carbocycles. The molecule has 1 aliphatic heterocycles. The Kier molecular flexibility index (Phi) is 3.94. The van der Waals surface area contributed by atoms with Crippen molar-refractivity contribution in [3.63, 3.8) is 0 Å². The summed E-state index contributed by atoms with van der Waals surface area (Å²) in [5.74, 6) is 0. The smallest absolute Gasteiger partial charge is 0.0870 e. The lowest BCUT2D eigenvalue weighted by atomic mass is 9.74. The third-order valence-electron chi connectivity index (χ3n) is 6.09. The van der Waals surface area contributed by atoms with Gasteiger partial charge in [0.15, 0.2) is 0 Å². The van der Waals surface area contributed by atoms with Crippen molar-refractivity contribution in [3.05, 3.63) is 35.9 Å². The van der Waals surface area contributed by atoms with Crippen molar-refractivity contribution in [2.45, 2.75) is 81.8 Å². The summed E-state index contributed by atoms with van der Waals surface area (Å²) in [5, 5.41) is 0. The fourth-order valence-electron chi connectivity index (χ4n) is 4.96. The number of aliphatic imine (C=N–C) groups is 1. The molecule has 118 valence electrons. The largest absolute Gasteiger partial charge is 0.350 e. The number of rotatable bonds is 2. The van der Waals surface area contributed by atoms with Crippen molar-refractivity contribution < 1.29 is 0 Å². The monoisotopic (exact) mass is 296 g/mol. The molecule has 2 aliphatic carbocycles. The SMILES string of the molecule is C1=NC2(CCCCC2)C(c2ccccc2)N1C1CCCCC1. The van der Waals surface area contributed by atoms with Crippen molar-refractivity contribution in [3.8, 4) is 0 Å². The summed E-state index contributed by atoms with van der Waals surface area (Å²) in [6.07, 6.45) is 15.8. The number of hydrogen-bond donors (Lipinski definition) is 0. The predicted molar refractivity (Wildman–Crippen MR) is 92.2 cm³/mol. The third kappa shape index (κ3) is 2.47. The van der Waals surface area contributed by atoms with Crippen LogP contribution in [-0.4, -0.2) is 22.8 Å². The lowest BCUT2D eigenvalue weighted by Gasteiger charge is -2.43. The first-order valence-corrected chi connectivity index (χ1v) is 9.27. The molecule has 2 fully saturated rings. The molecule has 1 aromatic rings. The van der Waals surface area contributed by atoms with E-state index < -0.39 is 0 Å². The molecule has 0 aromatic heterocycles. The van der Waals surface area contributed by atoms with Gasteiger partial charge < -0.3 is 4.90 Å². The van der Waals surface area contributed by atoms with E-state index in [0.717, 1.165) is 0 Å². The molecule has 2 heteroatoms. The molecular weight excluding hydrogens is 268 g/mol. The van der Waals surface area contributed by atoms with Crippen LogP contribution in [0.3, 0.4) is 0 Å². The number of nitrogens with zero attached hydrogens (tertiary/aromatic N) is 2. The Morgan fingerprint density at radius 1 is 0.864 bits per heavy atom. The maximum Gasteiger partial charge on any atom is 0.0870 e. The van der Waals surface area contributed by atoms with Crippen LogP contribution >= 0.6 is 0 Å². The van der Waals surface area contributed by atoms with Gasteiger partial charge in [-0.15, -0.1) is 0 Å². The van der Waals surface area contributed by atoms with Gasteiger partial charge in [0.25, 0.3) is 0 Å². The highest BCUT2D eigenvalue weighted by atomic mass is 15.3. The highest BCUT2D eigenvalue weighted by Crippen LogP contribution is 2.49. The van der Waals surface area contributed by atoms with Gasteiger partial charge >= 0.3 is 0 Å². The summed E-state index contributed by atoms with van der Waals surface area (Å²) in [4.78, 5) is 7.79. The molecule has 4 rings (SSSR count). The van der Waals surface area contributed by atoms with Crippen molar-refractivity contribution >= 4 is 6.34 Å². The van der Waals surface area contributed by atoms with Crippen LogP contribution in [0.4, 0.5) is 0 Å². The molecule has 22 heavy (non-hydrogen) atoms. The fourth-order valence-corrected chi connectivity index (χ4v) is 4.96. The maximum absolute atomic E-state index is 5.14. The Morgan fingerprint density at radius 3 is 2.27 bits per heavy atom. The second kappa shape index (κ2) is 6.06. The summed E-state index contributed by atoms with van der Waals surface area (Å²) >= 11 is 0. The molecule has 1 atom stereocenters. The molecule has 1 heterocycles. The number of benzene rings is 1. The van der Waals surface area contributed by atoms with Crippen molar-refractivity contribution in [1.29, 1.82) is 0 Å². The highest BCUT2D eigenvalue weighted by Gasteiger charge is 2.48. The van der Waals surface area contributed by atoms with Crippen LogP contribution in [0.25, 0.3) is 0 Å². The minimum absolute atomic E-state index is 0.164. The first kappa shape index (κ1) is 14.3. The second-order valence-electron chi connectivity index (χ2n) is 7.46. The summed E-state index contributed by atoms with van der Waals surface area (Å²) in [5.41, 5.74) is 1.64. The highest BCUT2D eigenvalue weighted by molar-refractivity contribution is 5.62. The molecule has 2 nitrogen and oxygen atoms in total. The summed E-state index contributed by atoms with van der Waals surface area (Å²) in [6.45, 7) is 0.